The number of methoxy groups -OCH3 is 1. The summed E-state index contributed by atoms with van der Waals surface area (Å²) in [6.07, 6.45) is 1.42. The van der Waals surface area contributed by atoms with Crippen molar-refractivity contribution >= 4 is 45.5 Å². The molecule has 0 atom stereocenters. The van der Waals surface area contributed by atoms with Crippen molar-refractivity contribution in [2.45, 2.75) is 13.5 Å². The van der Waals surface area contributed by atoms with Crippen molar-refractivity contribution in [1.82, 2.24) is 5.32 Å². The smallest absolute Gasteiger partial charge is 0.335 e. The largest absolute Gasteiger partial charge is 0.493 e. The Morgan fingerprint density at radius 1 is 0.971 bits per heavy atom. The fourth-order valence-corrected chi connectivity index (χ4v) is 3.73. The molecule has 0 bridgehead atoms. The van der Waals surface area contributed by atoms with Gasteiger partial charge in [0.1, 0.15) is 12.2 Å². The molecule has 4 rings (SSSR count). The number of carbonyl (C=O) groups excluding carboxylic acids is 3. The van der Waals surface area contributed by atoms with Gasteiger partial charge in [-0.25, -0.2) is 9.69 Å². The molecule has 1 heterocycles. The second-order valence-electron chi connectivity index (χ2n) is 7.56. The highest BCUT2D eigenvalue weighted by molar-refractivity contribution is 9.10. The SMILES string of the molecule is COc1cc(C=C2C(=O)NC(=O)N(c3ccc(Br)cc3)C2=O)ccc1OCc1ccccc1C. The third-order valence-electron chi connectivity index (χ3n) is 5.33. The van der Waals surface area contributed by atoms with Crippen LogP contribution in [0.15, 0.2) is 76.8 Å². The van der Waals surface area contributed by atoms with Gasteiger partial charge in [0.25, 0.3) is 11.8 Å². The zero-order valence-electron chi connectivity index (χ0n) is 18.5. The van der Waals surface area contributed by atoms with E-state index < -0.39 is 17.8 Å². The van der Waals surface area contributed by atoms with Crippen molar-refractivity contribution in [3.63, 3.8) is 0 Å². The van der Waals surface area contributed by atoms with E-state index in [-0.39, 0.29) is 5.57 Å². The minimum Gasteiger partial charge on any atom is -0.493 e. The van der Waals surface area contributed by atoms with Gasteiger partial charge < -0.3 is 9.47 Å². The molecule has 7 nitrogen and oxygen atoms in total. The van der Waals surface area contributed by atoms with Gasteiger partial charge in [0.05, 0.1) is 12.8 Å². The van der Waals surface area contributed by atoms with Crippen LogP contribution in [-0.4, -0.2) is 25.0 Å². The maximum atomic E-state index is 13.1. The normalized spacial score (nSPS) is 14.9. The van der Waals surface area contributed by atoms with Crippen molar-refractivity contribution in [2.75, 3.05) is 12.0 Å². The Hall–Kier alpha value is -3.91. The summed E-state index contributed by atoms with van der Waals surface area (Å²) in [5.74, 6) is -0.497. The first-order valence-electron chi connectivity index (χ1n) is 10.4. The van der Waals surface area contributed by atoms with Gasteiger partial charge in [0.2, 0.25) is 0 Å². The van der Waals surface area contributed by atoms with Crippen molar-refractivity contribution in [1.29, 1.82) is 0 Å². The zero-order valence-corrected chi connectivity index (χ0v) is 20.1. The molecule has 3 aromatic rings. The van der Waals surface area contributed by atoms with Crippen LogP contribution in [0.3, 0.4) is 0 Å². The van der Waals surface area contributed by atoms with Gasteiger partial charge in [-0.1, -0.05) is 46.3 Å². The second kappa shape index (κ2) is 9.93. The zero-order chi connectivity index (χ0) is 24.2. The number of imide groups is 2. The van der Waals surface area contributed by atoms with Crippen molar-refractivity contribution in [2.24, 2.45) is 0 Å². The first kappa shape index (κ1) is 23.3. The molecule has 0 spiro atoms. The summed E-state index contributed by atoms with van der Waals surface area (Å²) in [5.41, 5.74) is 2.90. The molecule has 0 aromatic heterocycles. The number of hydrogen-bond acceptors (Lipinski definition) is 5. The van der Waals surface area contributed by atoms with Gasteiger partial charge in [-0.05, 0) is 66.1 Å². The molecule has 0 aliphatic carbocycles. The molecule has 0 unspecified atom stereocenters. The molecule has 34 heavy (non-hydrogen) atoms. The summed E-state index contributed by atoms with van der Waals surface area (Å²) in [6.45, 7) is 2.38. The first-order valence-corrected chi connectivity index (χ1v) is 11.2. The third-order valence-corrected chi connectivity index (χ3v) is 5.86. The summed E-state index contributed by atoms with van der Waals surface area (Å²) >= 11 is 3.32. The molecular weight excluding hydrogens is 500 g/mol. The number of ether oxygens (including phenoxy) is 2. The molecular formula is C26H21BrN2O5. The summed E-state index contributed by atoms with van der Waals surface area (Å²) in [7, 11) is 1.51. The maximum absolute atomic E-state index is 13.1. The number of aryl methyl sites for hydroxylation is 1. The number of halogens is 1. The van der Waals surface area contributed by atoms with Crippen LogP contribution in [0.25, 0.3) is 6.08 Å². The summed E-state index contributed by atoms with van der Waals surface area (Å²) in [4.78, 5) is 38.8. The van der Waals surface area contributed by atoms with Crippen molar-refractivity contribution < 1.29 is 23.9 Å². The van der Waals surface area contributed by atoms with Crippen LogP contribution in [0.4, 0.5) is 10.5 Å². The van der Waals surface area contributed by atoms with Crippen LogP contribution in [0, 0.1) is 6.92 Å². The van der Waals surface area contributed by atoms with Crippen LogP contribution in [0.1, 0.15) is 16.7 Å². The summed E-state index contributed by atoms with van der Waals surface area (Å²) < 4.78 is 12.2. The lowest BCUT2D eigenvalue weighted by Crippen LogP contribution is -2.54. The Balaban J connectivity index is 1.60. The van der Waals surface area contributed by atoms with E-state index in [2.05, 4.69) is 21.2 Å². The second-order valence-corrected chi connectivity index (χ2v) is 8.48. The molecule has 0 saturated carbocycles. The third kappa shape index (κ3) is 4.87. The average Bonchev–Trinajstić information content (AvgIpc) is 2.82. The topological polar surface area (TPSA) is 84.9 Å². The minimum absolute atomic E-state index is 0.168. The fraction of sp³-hybridized carbons (Fsp3) is 0.115. The van der Waals surface area contributed by atoms with Gasteiger partial charge >= 0.3 is 6.03 Å². The molecule has 0 radical (unpaired) electrons. The lowest BCUT2D eigenvalue weighted by atomic mass is 10.1. The number of nitrogens with zero attached hydrogens (tertiary/aromatic N) is 1. The van der Waals surface area contributed by atoms with E-state index in [9.17, 15) is 14.4 Å². The van der Waals surface area contributed by atoms with Gasteiger partial charge in [-0.3, -0.25) is 14.9 Å². The van der Waals surface area contributed by atoms with Crippen molar-refractivity contribution in [3.05, 3.63) is 93.5 Å². The molecule has 8 heteroatoms. The monoisotopic (exact) mass is 520 g/mol. The number of benzene rings is 3. The Kier molecular flexibility index (Phi) is 6.79. The van der Waals surface area contributed by atoms with Crippen LogP contribution in [-0.2, 0) is 16.2 Å². The molecule has 1 aliphatic heterocycles. The first-order chi connectivity index (χ1) is 16.4. The van der Waals surface area contributed by atoms with Crippen molar-refractivity contribution in [3.8, 4) is 11.5 Å². The molecule has 4 amide bonds. The Morgan fingerprint density at radius 3 is 2.41 bits per heavy atom. The van der Waals surface area contributed by atoms with E-state index in [1.807, 2.05) is 31.2 Å². The van der Waals surface area contributed by atoms with Gasteiger partial charge in [-0.15, -0.1) is 0 Å². The molecule has 1 fully saturated rings. The van der Waals surface area contributed by atoms with E-state index in [4.69, 9.17) is 9.47 Å². The Labute approximate surface area is 205 Å². The highest BCUT2D eigenvalue weighted by atomic mass is 79.9. The number of nitrogens with one attached hydrogen (secondary N) is 1. The lowest BCUT2D eigenvalue weighted by Gasteiger charge is -2.26. The predicted octanol–water partition coefficient (Wildman–Crippen LogP) is 5.01. The van der Waals surface area contributed by atoms with E-state index in [1.54, 1.807) is 42.5 Å². The number of anilines is 1. The van der Waals surface area contributed by atoms with Crippen LogP contribution < -0.4 is 19.7 Å². The molecule has 1 aliphatic rings. The number of urea groups is 1. The average molecular weight is 521 g/mol. The van der Waals surface area contributed by atoms with Crippen LogP contribution in [0.5, 0.6) is 11.5 Å². The molecule has 172 valence electrons. The fourth-order valence-electron chi connectivity index (χ4n) is 3.47. The highest BCUT2D eigenvalue weighted by Gasteiger charge is 2.36. The number of barbiturate groups is 1. The number of hydrogen-bond donors (Lipinski definition) is 1. The van der Waals surface area contributed by atoms with E-state index in [1.165, 1.54) is 13.2 Å². The molecule has 3 aromatic carbocycles. The van der Waals surface area contributed by atoms with Gasteiger partial charge in [-0.2, -0.15) is 0 Å². The lowest BCUT2D eigenvalue weighted by molar-refractivity contribution is -0.122. The van der Waals surface area contributed by atoms with E-state index in [0.29, 0.717) is 29.4 Å². The number of carbonyl (C=O) groups is 3. The van der Waals surface area contributed by atoms with Gasteiger partial charge in [0, 0.05) is 4.47 Å². The maximum Gasteiger partial charge on any atom is 0.335 e. The predicted molar refractivity (Wildman–Crippen MR) is 132 cm³/mol. The van der Waals surface area contributed by atoms with Crippen LogP contribution >= 0.6 is 15.9 Å². The Morgan fingerprint density at radius 2 is 1.71 bits per heavy atom. The number of amides is 4. The summed E-state index contributed by atoms with van der Waals surface area (Å²) in [5, 5.41) is 2.22. The highest BCUT2D eigenvalue weighted by Crippen LogP contribution is 2.31. The Bertz CT molecular complexity index is 1300. The molecule has 1 saturated heterocycles. The van der Waals surface area contributed by atoms with Gasteiger partial charge in [0.15, 0.2) is 11.5 Å². The van der Waals surface area contributed by atoms with E-state index >= 15 is 0 Å². The van der Waals surface area contributed by atoms with E-state index in [0.717, 1.165) is 20.5 Å². The molecule has 1 N–H and O–H groups in total. The summed E-state index contributed by atoms with van der Waals surface area (Å²) in [6, 6.07) is 18.8. The number of rotatable bonds is 6. The van der Waals surface area contributed by atoms with Crippen LogP contribution in [0.2, 0.25) is 0 Å². The minimum atomic E-state index is -0.799. The standard InChI is InChI=1S/C26H21BrN2O5/c1-16-5-3-4-6-18(16)15-34-22-12-7-17(14-23(22)33-2)13-21-24(30)28-26(32)29(25(21)31)20-10-8-19(27)9-11-20/h3-14H,15H2,1-2H3,(H,28,30,32). The quantitative estimate of drug-likeness (QED) is 0.364.